The van der Waals surface area contributed by atoms with Crippen molar-refractivity contribution in [3.63, 3.8) is 0 Å². The molecule has 4 rings (SSSR count). The molecule has 0 aliphatic carbocycles. The van der Waals surface area contributed by atoms with Crippen molar-refractivity contribution < 1.29 is 23.7 Å². The van der Waals surface area contributed by atoms with Crippen molar-refractivity contribution in [1.29, 1.82) is 0 Å². The number of rotatable bonds is 4. The molecule has 0 unspecified atom stereocenters. The molecule has 0 bridgehead atoms. The lowest BCUT2D eigenvalue weighted by Gasteiger charge is -2.47. The number of hydrogen-bond acceptors (Lipinski definition) is 6. The maximum atomic E-state index is 13.1. The number of fused-ring (bicyclic) bond motifs is 5. The standard InChI is InChI=1S/C22H23NO5/c1-22-12-17(24)14-9-19(26-3)21(28-5)11-16(14)23(22)7-6-13-8-18(25-2)20(27-4)10-15(13)22/h6-11H,12H2,1-5H3/t22-/m1/s1. The Labute approximate surface area is 164 Å². The van der Waals surface area contributed by atoms with Crippen LogP contribution in [0.25, 0.3) is 6.08 Å². The Bertz CT molecular complexity index is 997. The first-order valence-electron chi connectivity index (χ1n) is 9.00. The molecule has 0 fully saturated rings. The van der Waals surface area contributed by atoms with E-state index >= 15 is 0 Å². The molecule has 28 heavy (non-hydrogen) atoms. The van der Waals surface area contributed by atoms with E-state index in [1.165, 1.54) is 0 Å². The molecule has 2 heterocycles. The second-order valence-corrected chi connectivity index (χ2v) is 7.08. The lowest BCUT2D eigenvalue weighted by Crippen LogP contribution is -2.48. The Morgan fingerprint density at radius 2 is 1.43 bits per heavy atom. The lowest BCUT2D eigenvalue weighted by molar-refractivity contribution is 0.0943. The molecule has 2 aliphatic rings. The minimum Gasteiger partial charge on any atom is -0.493 e. The van der Waals surface area contributed by atoms with Gasteiger partial charge >= 0.3 is 0 Å². The molecule has 0 saturated heterocycles. The number of carbonyl (C=O) groups is 1. The van der Waals surface area contributed by atoms with Gasteiger partial charge in [-0.1, -0.05) is 0 Å². The summed E-state index contributed by atoms with van der Waals surface area (Å²) in [5.41, 5.74) is 2.90. The molecule has 146 valence electrons. The summed E-state index contributed by atoms with van der Waals surface area (Å²) in [5, 5.41) is 0. The van der Waals surface area contributed by atoms with Gasteiger partial charge in [0.25, 0.3) is 0 Å². The molecule has 2 aromatic rings. The number of benzene rings is 2. The van der Waals surface area contributed by atoms with E-state index in [1.54, 1.807) is 34.5 Å². The number of ether oxygens (including phenoxy) is 4. The van der Waals surface area contributed by atoms with Crippen molar-refractivity contribution in [2.24, 2.45) is 0 Å². The van der Waals surface area contributed by atoms with Crippen molar-refractivity contribution in [3.8, 4) is 23.0 Å². The highest BCUT2D eigenvalue weighted by molar-refractivity contribution is 6.06. The quantitative estimate of drug-likeness (QED) is 0.798. The molecule has 6 heteroatoms. The molecule has 0 aromatic heterocycles. The third-order valence-corrected chi connectivity index (χ3v) is 5.64. The molecule has 6 nitrogen and oxygen atoms in total. The summed E-state index contributed by atoms with van der Waals surface area (Å²) in [6.45, 7) is 2.07. The summed E-state index contributed by atoms with van der Waals surface area (Å²) in [6, 6.07) is 7.53. The monoisotopic (exact) mass is 381 g/mol. The van der Waals surface area contributed by atoms with E-state index in [4.69, 9.17) is 18.9 Å². The zero-order valence-corrected chi connectivity index (χ0v) is 16.7. The zero-order chi connectivity index (χ0) is 20.1. The predicted molar refractivity (Wildman–Crippen MR) is 107 cm³/mol. The van der Waals surface area contributed by atoms with E-state index in [1.807, 2.05) is 30.5 Å². The van der Waals surface area contributed by atoms with Gasteiger partial charge in [0.05, 0.1) is 39.7 Å². The molecule has 2 aromatic carbocycles. The number of carbonyl (C=O) groups excluding carboxylic acids is 1. The Morgan fingerprint density at radius 3 is 2.07 bits per heavy atom. The average Bonchev–Trinajstić information content (AvgIpc) is 2.71. The SMILES string of the molecule is COc1cc2c(cc1OC)[C@@]1(C)CC(=O)c3cc(OC)c(OC)cc3N1C=C2. The smallest absolute Gasteiger partial charge is 0.167 e. The second-order valence-electron chi connectivity index (χ2n) is 7.08. The largest absolute Gasteiger partial charge is 0.493 e. The van der Waals surface area contributed by atoms with Crippen LogP contribution in [0.1, 0.15) is 34.8 Å². The maximum Gasteiger partial charge on any atom is 0.167 e. The predicted octanol–water partition coefficient (Wildman–Crippen LogP) is 4.01. The van der Waals surface area contributed by atoms with Crippen molar-refractivity contribution in [1.82, 2.24) is 0 Å². The summed E-state index contributed by atoms with van der Waals surface area (Å²) in [5.74, 6) is 2.50. The van der Waals surface area contributed by atoms with Crippen molar-refractivity contribution >= 4 is 17.5 Å². The van der Waals surface area contributed by atoms with E-state index < -0.39 is 5.54 Å². The van der Waals surface area contributed by atoms with Gasteiger partial charge in [-0.3, -0.25) is 4.79 Å². The van der Waals surface area contributed by atoms with Crippen LogP contribution in [0.5, 0.6) is 23.0 Å². The highest BCUT2D eigenvalue weighted by Crippen LogP contribution is 2.51. The highest BCUT2D eigenvalue weighted by atomic mass is 16.5. The van der Waals surface area contributed by atoms with Gasteiger partial charge < -0.3 is 23.8 Å². The van der Waals surface area contributed by atoms with Crippen molar-refractivity contribution in [2.45, 2.75) is 18.9 Å². The normalized spacial score (nSPS) is 19.5. The zero-order valence-electron chi connectivity index (χ0n) is 16.7. The van der Waals surface area contributed by atoms with Crippen LogP contribution in [0.15, 0.2) is 30.5 Å². The number of methoxy groups -OCH3 is 4. The van der Waals surface area contributed by atoms with Gasteiger partial charge in [-0.2, -0.15) is 0 Å². The van der Waals surface area contributed by atoms with Gasteiger partial charge in [0.15, 0.2) is 28.8 Å². The summed E-state index contributed by atoms with van der Waals surface area (Å²) in [7, 11) is 6.39. The van der Waals surface area contributed by atoms with Crippen molar-refractivity contribution in [2.75, 3.05) is 33.3 Å². The van der Waals surface area contributed by atoms with Crippen LogP contribution in [0.3, 0.4) is 0 Å². The van der Waals surface area contributed by atoms with Gasteiger partial charge in [0.1, 0.15) is 0 Å². The maximum absolute atomic E-state index is 13.1. The van der Waals surface area contributed by atoms with E-state index in [-0.39, 0.29) is 5.78 Å². The molecule has 2 aliphatic heterocycles. The van der Waals surface area contributed by atoms with Crippen LogP contribution < -0.4 is 23.8 Å². The minimum absolute atomic E-state index is 0.0609. The molecular weight excluding hydrogens is 358 g/mol. The summed E-state index contributed by atoms with van der Waals surface area (Å²) >= 11 is 0. The fourth-order valence-corrected chi connectivity index (χ4v) is 4.17. The lowest BCUT2D eigenvalue weighted by atomic mass is 9.76. The Kier molecular flexibility index (Phi) is 4.22. The fourth-order valence-electron chi connectivity index (χ4n) is 4.17. The highest BCUT2D eigenvalue weighted by Gasteiger charge is 2.45. The van der Waals surface area contributed by atoms with Gasteiger partial charge in [0.2, 0.25) is 0 Å². The van der Waals surface area contributed by atoms with Gasteiger partial charge in [0, 0.05) is 24.3 Å². The van der Waals surface area contributed by atoms with E-state index in [0.717, 1.165) is 16.8 Å². The molecule has 1 atom stereocenters. The van der Waals surface area contributed by atoms with Crippen LogP contribution in [-0.2, 0) is 5.54 Å². The van der Waals surface area contributed by atoms with E-state index in [2.05, 4.69) is 11.8 Å². The van der Waals surface area contributed by atoms with Gasteiger partial charge in [-0.05, 0) is 42.3 Å². The summed E-state index contributed by atoms with van der Waals surface area (Å²) in [6.07, 6.45) is 4.36. The number of Topliss-reactive ketones (excluding diaryl/α,β-unsaturated/α-hetero) is 1. The average molecular weight is 381 g/mol. The van der Waals surface area contributed by atoms with Gasteiger partial charge in [-0.25, -0.2) is 0 Å². The van der Waals surface area contributed by atoms with Crippen LogP contribution >= 0.6 is 0 Å². The third-order valence-electron chi connectivity index (χ3n) is 5.64. The number of anilines is 1. The third kappa shape index (κ3) is 2.44. The van der Waals surface area contributed by atoms with E-state index in [0.29, 0.717) is 35.0 Å². The van der Waals surface area contributed by atoms with Crippen molar-refractivity contribution in [3.05, 3.63) is 47.2 Å². The fraction of sp³-hybridized carbons (Fsp3) is 0.318. The Balaban J connectivity index is 1.93. The first-order chi connectivity index (χ1) is 13.5. The Hall–Kier alpha value is -3.15. The minimum atomic E-state index is -0.548. The van der Waals surface area contributed by atoms with Crippen LogP contribution in [0.2, 0.25) is 0 Å². The van der Waals surface area contributed by atoms with Crippen LogP contribution in [-0.4, -0.2) is 34.2 Å². The molecular formula is C22H23NO5. The first-order valence-corrected chi connectivity index (χ1v) is 9.00. The topological polar surface area (TPSA) is 57.2 Å². The Morgan fingerprint density at radius 1 is 0.857 bits per heavy atom. The summed E-state index contributed by atoms with van der Waals surface area (Å²) < 4.78 is 21.8. The first kappa shape index (κ1) is 18.2. The number of hydrogen-bond donors (Lipinski definition) is 0. The van der Waals surface area contributed by atoms with Gasteiger partial charge in [-0.15, -0.1) is 0 Å². The number of ketones is 1. The second kappa shape index (κ2) is 6.48. The molecule has 0 N–H and O–H groups in total. The molecule has 0 amide bonds. The van der Waals surface area contributed by atoms with Crippen LogP contribution in [0.4, 0.5) is 5.69 Å². The van der Waals surface area contributed by atoms with E-state index in [9.17, 15) is 4.79 Å². The summed E-state index contributed by atoms with van der Waals surface area (Å²) in [4.78, 5) is 15.2. The molecule has 0 radical (unpaired) electrons. The molecule has 0 spiro atoms. The molecule has 0 saturated carbocycles. The van der Waals surface area contributed by atoms with Crippen LogP contribution in [0, 0.1) is 0 Å². The number of nitrogens with zero attached hydrogens (tertiary/aromatic N) is 1.